The molecule has 0 saturated heterocycles. The first kappa shape index (κ1) is 17.7. The molecule has 0 aliphatic carbocycles. The van der Waals surface area contributed by atoms with Crippen LogP contribution in [-0.4, -0.2) is 53.0 Å². The minimum atomic E-state index is -1.32. The molecule has 0 amide bonds. The zero-order chi connectivity index (χ0) is 16.3. The lowest BCUT2D eigenvalue weighted by Crippen LogP contribution is -2.54. The predicted molar refractivity (Wildman–Crippen MR) is 88.1 cm³/mol. The smallest absolute Gasteiger partial charge is 0.369 e. The molecule has 1 unspecified atom stereocenters. The van der Waals surface area contributed by atoms with Gasteiger partial charge in [-0.15, -0.1) is 0 Å². The molecule has 0 fully saturated rings. The highest BCUT2D eigenvalue weighted by molar-refractivity contribution is 6.76. The fourth-order valence-corrected chi connectivity index (χ4v) is 5.66. The maximum absolute atomic E-state index is 12.3. The summed E-state index contributed by atoms with van der Waals surface area (Å²) in [6.45, 7) is 6.94. The largest absolute Gasteiger partial charge is 0.497 e. The lowest BCUT2D eigenvalue weighted by Gasteiger charge is -2.40. The summed E-state index contributed by atoms with van der Waals surface area (Å²) < 4.78 is 10.8. The number of benzene rings is 1. The van der Waals surface area contributed by atoms with Crippen molar-refractivity contribution in [1.29, 1.82) is 0 Å². The molecule has 0 N–H and O–H groups in total. The molecule has 4 nitrogen and oxygen atoms in total. The first-order chi connectivity index (χ1) is 9.60. The lowest BCUT2D eigenvalue weighted by atomic mass is 10.0. The Morgan fingerprint density at radius 3 is 2.05 bits per heavy atom. The normalized spacial score (nSPS) is 13.7. The number of carbonyl (C=O) groups excluding carboxylic acids is 1. The topological polar surface area (TPSA) is 35.5 Å². The predicted octanol–water partition coefficient (Wildman–Crippen LogP) is 2.86. The summed E-state index contributed by atoms with van der Waals surface area (Å²) in [6.07, 6.45) is 0.999. The number of likely N-dealkylation sites (N-methyl/N-ethyl adjacent to an activating group) is 1. The van der Waals surface area contributed by atoms with Crippen LogP contribution in [0.5, 0.6) is 5.75 Å². The van der Waals surface area contributed by atoms with E-state index in [-0.39, 0.29) is 12.0 Å². The van der Waals surface area contributed by atoms with E-state index in [1.165, 1.54) is 7.11 Å². The Kier molecular flexibility index (Phi) is 5.59. The van der Waals surface area contributed by atoms with E-state index >= 15 is 0 Å². The molecule has 1 aromatic rings. The van der Waals surface area contributed by atoms with Crippen molar-refractivity contribution in [2.75, 3.05) is 34.5 Å². The van der Waals surface area contributed by atoms with Crippen LogP contribution in [0.25, 0.3) is 0 Å². The minimum absolute atomic E-state index is 0.191. The van der Waals surface area contributed by atoms with Crippen LogP contribution in [-0.2, 0) is 9.53 Å². The van der Waals surface area contributed by atoms with Crippen molar-refractivity contribution in [2.45, 2.75) is 25.7 Å². The van der Waals surface area contributed by atoms with Crippen LogP contribution in [0.3, 0.4) is 0 Å². The molecule has 0 heterocycles. The van der Waals surface area contributed by atoms with E-state index in [9.17, 15) is 4.79 Å². The molecule has 1 atom stereocenters. The van der Waals surface area contributed by atoms with Gasteiger partial charge in [-0.2, -0.15) is 0 Å². The molecule has 0 aliphatic rings. The number of methoxy groups -OCH3 is 2. The van der Waals surface area contributed by atoms with Gasteiger partial charge in [0.1, 0.15) is 13.8 Å². The van der Waals surface area contributed by atoms with Crippen molar-refractivity contribution in [3.8, 4) is 5.75 Å². The van der Waals surface area contributed by atoms with Crippen molar-refractivity contribution in [3.63, 3.8) is 0 Å². The first-order valence-electron chi connectivity index (χ1n) is 7.15. The molecule has 5 heteroatoms. The Bertz CT molecular complexity index is 477. The number of nitrogens with zero attached hydrogens (tertiary/aromatic N) is 1. The van der Waals surface area contributed by atoms with Crippen LogP contribution in [0, 0.1) is 0 Å². The average molecular weight is 310 g/mol. The number of rotatable bonds is 6. The second kappa shape index (κ2) is 6.62. The Hall–Kier alpha value is -1.33. The molecule has 21 heavy (non-hydrogen) atoms. The number of quaternary nitrogens is 1. The first-order valence-corrected chi connectivity index (χ1v) is 10.9. The van der Waals surface area contributed by atoms with Gasteiger partial charge < -0.3 is 14.0 Å². The Morgan fingerprint density at radius 1 is 1.14 bits per heavy atom. The SMILES string of the molecule is COC(=O)C(c1ccc(OC)cc1)[N+](C)(C)C[Si](C)(C)C. The number of hydrogen-bond acceptors (Lipinski definition) is 3. The van der Waals surface area contributed by atoms with Gasteiger partial charge >= 0.3 is 5.97 Å². The van der Waals surface area contributed by atoms with Gasteiger partial charge in [0.05, 0.1) is 34.5 Å². The van der Waals surface area contributed by atoms with Crippen molar-refractivity contribution < 1.29 is 18.8 Å². The highest BCUT2D eigenvalue weighted by Gasteiger charge is 2.40. The van der Waals surface area contributed by atoms with Gasteiger partial charge in [0.15, 0.2) is 0 Å². The van der Waals surface area contributed by atoms with Crippen LogP contribution in [0.4, 0.5) is 0 Å². The number of esters is 1. The van der Waals surface area contributed by atoms with E-state index < -0.39 is 8.07 Å². The zero-order valence-electron chi connectivity index (χ0n) is 14.3. The highest BCUT2D eigenvalue weighted by Crippen LogP contribution is 2.29. The number of hydrogen-bond donors (Lipinski definition) is 0. The van der Waals surface area contributed by atoms with Gasteiger partial charge in [0, 0.05) is 5.56 Å². The van der Waals surface area contributed by atoms with Gasteiger partial charge in [0.2, 0.25) is 6.04 Å². The number of carbonyl (C=O) groups is 1. The molecule has 0 aromatic heterocycles. The summed E-state index contributed by atoms with van der Waals surface area (Å²) in [4.78, 5) is 12.3. The molecular formula is C16H28NO3Si+. The van der Waals surface area contributed by atoms with E-state index in [1.54, 1.807) is 7.11 Å². The fourth-order valence-electron chi connectivity index (χ4n) is 3.04. The van der Waals surface area contributed by atoms with E-state index in [0.29, 0.717) is 4.48 Å². The third-order valence-corrected chi connectivity index (χ3v) is 5.20. The maximum Gasteiger partial charge on any atom is 0.369 e. The summed E-state index contributed by atoms with van der Waals surface area (Å²) in [5.74, 6) is 0.598. The summed E-state index contributed by atoms with van der Waals surface area (Å²) in [6, 6.07) is 7.36. The molecule has 0 bridgehead atoms. The molecule has 0 aliphatic heterocycles. The summed E-state index contributed by atoms with van der Waals surface area (Å²) in [7, 11) is 5.97. The number of ether oxygens (including phenoxy) is 2. The molecule has 1 aromatic carbocycles. The molecule has 0 saturated carbocycles. The van der Waals surface area contributed by atoms with E-state index in [2.05, 4.69) is 33.7 Å². The van der Waals surface area contributed by atoms with Crippen LogP contribution < -0.4 is 4.74 Å². The van der Waals surface area contributed by atoms with Gasteiger partial charge in [0.25, 0.3) is 0 Å². The van der Waals surface area contributed by atoms with Crippen LogP contribution in [0.15, 0.2) is 24.3 Å². The van der Waals surface area contributed by atoms with Gasteiger partial charge in [-0.1, -0.05) is 19.6 Å². The molecular weight excluding hydrogens is 282 g/mol. The van der Waals surface area contributed by atoms with Crippen molar-refractivity contribution in [1.82, 2.24) is 0 Å². The van der Waals surface area contributed by atoms with E-state index in [0.717, 1.165) is 17.5 Å². The lowest BCUT2D eigenvalue weighted by molar-refractivity contribution is -0.903. The Morgan fingerprint density at radius 2 is 1.67 bits per heavy atom. The van der Waals surface area contributed by atoms with Crippen LogP contribution >= 0.6 is 0 Å². The Labute approximate surface area is 129 Å². The van der Waals surface area contributed by atoms with E-state index in [1.807, 2.05) is 24.3 Å². The van der Waals surface area contributed by atoms with Gasteiger partial charge in [-0.05, 0) is 24.3 Å². The summed E-state index contributed by atoms with van der Waals surface area (Å²) in [5, 5.41) is 0. The monoisotopic (exact) mass is 310 g/mol. The van der Waals surface area contributed by atoms with Gasteiger partial charge in [-0.3, -0.25) is 0 Å². The van der Waals surface area contributed by atoms with Crippen molar-refractivity contribution >= 4 is 14.0 Å². The molecule has 0 radical (unpaired) electrons. The quantitative estimate of drug-likeness (QED) is 0.460. The fraction of sp³-hybridized carbons (Fsp3) is 0.562. The molecule has 0 spiro atoms. The molecule has 118 valence electrons. The van der Waals surface area contributed by atoms with Crippen LogP contribution in [0.1, 0.15) is 11.6 Å². The second-order valence-electron chi connectivity index (χ2n) is 7.20. The standard InChI is InChI=1S/C16H28NO3Si/c1-17(2,12-21(5,6)7)15(16(18)20-4)13-8-10-14(19-3)11-9-13/h8-11,15H,12H2,1-7H3/q+1. The Balaban J connectivity index is 3.18. The van der Waals surface area contributed by atoms with E-state index in [4.69, 9.17) is 9.47 Å². The average Bonchev–Trinajstić information content (AvgIpc) is 2.36. The second-order valence-corrected chi connectivity index (χ2v) is 12.6. The highest BCUT2D eigenvalue weighted by atomic mass is 28.3. The minimum Gasteiger partial charge on any atom is -0.497 e. The van der Waals surface area contributed by atoms with Crippen molar-refractivity contribution in [3.05, 3.63) is 29.8 Å². The zero-order valence-corrected chi connectivity index (χ0v) is 15.3. The van der Waals surface area contributed by atoms with Crippen LogP contribution in [0.2, 0.25) is 19.6 Å². The summed E-state index contributed by atoms with van der Waals surface area (Å²) >= 11 is 0. The maximum atomic E-state index is 12.3. The van der Waals surface area contributed by atoms with Gasteiger partial charge in [-0.25, -0.2) is 4.79 Å². The van der Waals surface area contributed by atoms with Crippen molar-refractivity contribution in [2.24, 2.45) is 0 Å². The third kappa shape index (κ3) is 4.86. The molecule has 1 rings (SSSR count). The third-order valence-electron chi connectivity index (χ3n) is 3.44. The summed E-state index contributed by atoms with van der Waals surface area (Å²) in [5.41, 5.74) is 0.964.